The maximum Gasteiger partial charge on any atom is 0.306 e. The summed E-state index contributed by atoms with van der Waals surface area (Å²) in [6, 6.07) is 2.98. The van der Waals surface area contributed by atoms with E-state index in [9.17, 15) is 19.3 Å². The molecule has 7 heteroatoms. The van der Waals surface area contributed by atoms with Crippen molar-refractivity contribution in [1.29, 1.82) is 0 Å². The first-order chi connectivity index (χ1) is 8.99. The van der Waals surface area contributed by atoms with Crippen LogP contribution in [0.1, 0.15) is 13.3 Å². The van der Waals surface area contributed by atoms with Crippen LogP contribution in [0.2, 0.25) is 0 Å². The van der Waals surface area contributed by atoms with E-state index >= 15 is 0 Å². The predicted octanol–water partition coefficient (Wildman–Crippen LogP) is 1.67. The van der Waals surface area contributed by atoms with Crippen LogP contribution in [0.4, 0.5) is 15.8 Å². The second kappa shape index (κ2) is 5.31. The van der Waals surface area contributed by atoms with Gasteiger partial charge in [-0.15, -0.1) is 0 Å². The van der Waals surface area contributed by atoms with Gasteiger partial charge in [0.15, 0.2) is 0 Å². The highest BCUT2D eigenvalue weighted by Gasteiger charge is 2.29. The minimum atomic E-state index is -0.921. The number of hydrogen-bond acceptors (Lipinski definition) is 4. The van der Waals surface area contributed by atoms with Crippen LogP contribution < -0.4 is 10.6 Å². The largest absolute Gasteiger partial charge is 0.324 e. The lowest BCUT2D eigenvalue weighted by atomic mass is 10.0. The SMILES string of the molecule is CC1CCNC1C(=O)Nc1ccc(F)c([N+](=O)[O-])c1. The lowest BCUT2D eigenvalue weighted by Crippen LogP contribution is -2.39. The summed E-state index contributed by atoms with van der Waals surface area (Å²) in [6.07, 6.45) is 0.904. The molecule has 1 fully saturated rings. The predicted molar refractivity (Wildman–Crippen MR) is 67.3 cm³/mol. The second-order valence-corrected chi connectivity index (χ2v) is 4.61. The second-order valence-electron chi connectivity index (χ2n) is 4.61. The Balaban J connectivity index is 2.13. The fourth-order valence-corrected chi connectivity index (χ4v) is 2.14. The average molecular weight is 267 g/mol. The molecule has 2 rings (SSSR count). The highest BCUT2D eigenvalue weighted by molar-refractivity contribution is 5.95. The van der Waals surface area contributed by atoms with E-state index in [0.29, 0.717) is 0 Å². The topological polar surface area (TPSA) is 84.3 Å². The molecule has 0 radical (unpaired) electrons. The quantitative estimate of drug-likeness (QED) is 0.644. The van der Waals surface area contributed by atoms with Crippen molar-refractivity contribution in [2.24, 2.45) is 5.92 Å². The molecule has 2 unspecified atom stereocenters. The lowest BCUT2D eigenvalue weighted by molar-refractivity contribution is -0.387. The van der Waals surface area contributed by atoms with E-state index in [2.05, 4.69) is 10.6 Å². The average Bonchev–Trinajstić information content (AvgIpc) is 2.77. The molecule has 0 spiro atoms. The third kappa shape index (κ3) is 2.87. The molecule has 2 atom stereocenters. The number of carbonyl (C=O) groups is 1. The van der Waals surface area contributed by atoms with Gasteiger partial charge in [-0.25, -0.2) is 0 Å². The van der Waals surface area contributed by atoms with Crippen molar-refractivity contribution >= 4 is 17.3 Å². The highest BCUT2D eigenvalue weighted by Crippen LogP contribution is 2.22. The van der Waals surface area contributed by atoms with Crippen LogP contribution in [0.15, 0.2) is 18.2 Å². The van der Waals surface area contributed by atoms with Crippen LogP contribution in [0.3, 0.4) is 0 Å². The number of halogens is 1. The van der Waals surface area contributed by atoms with Crippen molar-refractivity contribution < 1.29 is 14.1 Å². The first-order valence-corrected chi connectivity index (χ1v) is 5.97. The summed E-state index contributed by atoms with van der Waals surface area (Å²) in [6.45, 7) is 2.72. The first kappa shape index (κ1) is 13.4. The zero-order chi connectivity index (χ0) is 14.0. The zero-order valence-electron chi connectivity index (χ0n) is 10.4. The Morgan fingerprint density at radius 2 is 2.32 bits per heavy atom. The van der Waals surface area contributed by atoms with E-state index < -0.39 is 16.4 Å². The minimum absolute atomic E-state index is 0.204. The number of nitrogens with one attached hydrogen (secondary N) is 2. The summed E-state index contributed by atoms with van der Waals surface area (Å²) in [5.74, 6) is -0.975. The Bertz CT molecular complexity index is 521. The van der Waals surface area contributed by atoms with Gasteiger partial charge in [-0.1, -0.05) is 6.92 Å². The van der Waals surface area contributed by atoms with Crippen LogP contribution >= 0.6 is 0 Å². The number of nitro benzene ring substituents is 1. The smallest absolute Gasteiger partial charge is 0.306 e. The van der Waals surface area contributed by atoms with Crippen molar-refractivity contribution in [3.8, 4) is 0 Å². The molecule has 1 heterocycles. The molecule has 0 bridgehead atoms. The normalized spacial score (nSPS) is 22.2. The Labute approximate surface area is 109 Å². The number of rotatable bonds is 3. The summed E-state index contributed by atoms with van der Waals surface area (Å²) in [4.78, 5) is 21.7. The number of nitrogens with zero attached hydrogens (tertiary/aromatic N) is 1. The molecule has 1 saturated heterocycles. The molecule has 0 aromatic heterocycles. The minimum Gasteiger partial charge on any atom is -0.324 e. The number of hydrogen-bond donors (Lipinski definition) is 2. The van der Waals surface area contributed by atoms with Crippen molar-refractivity contribution in [3.63, 3.8) is 0 Å². The Morgan fingerprint density at radius 1 is 1.58 bits per heavy atom. The van der Waals surface area contributed by atoms with Gasteiger partial charge in [-0.3, -0.25) is 14.9 Å². The molecule has 0 saturated carbocycles. The molecule has 1 aliphatic rings. The van der Waals surface area contributed by atoms with E-state index in [-0.39, 0.29) is 23.6 Å². The van der Waals surface area contributed by atoms with E-state index in [4.69, 9.17) is 0 Å². The number of carbonyl (C=O) groups excluding carboxylic acids is 1. The van der Waals surface area contributed by atoms with Gasteiger partial charge >= 0.3 is 5.69 Å². The molecule has 1 aromatic rings. The molecule has 1 amide bonds. The van der Waals surface area contributed by atoms with Crippen LogP contribution in [0.5, 0.6) is 0 Å². The van der Waals surface area contributed by atoms with Crippen LogP contribution in [-0.4, -0.2) is 23.4 Å². The van der Waals surface area contributed by atoms with Crippen molar-refractivity contribution in [3.05, 3.63) is 34.1 Å². The summed E-state index contributed by atoms with van der Waals surface area (Å²) >= 11 is 0. The zero-order valence-corrected chi connectivity index (χ0v) is 10.4. The lowest BCUT2D eigenvalue weighted by Gasteiger charge is -2.15. The molecule has 102 valence electrons. The van der Waals surface area contributed by atoms with Gasteiger partial charge in [-0.05, 0) is 31.0 Å². The Hall–Kier alpha value is -2.02. The molecule has 0 aliphatic carbocycles. The van der Waals surface area contributed by atoms with E-state index in [1.807, 2.05) is 6.92 Å². The Kier molecular flexibility index (Phi) is 3.75. The summed E-state index contributed by atoms with van der Waals surface area (Å²) in [7, 11) is 0. The van der Waals surface area contributed by atoms with Crippen LogP contribution in [0, 0.1) is 21.8 Å². The van der Waals surface area contributed by atoms with Gasteiger partial charge in [0.1, 0.15) is 0 Å². The van der Waals surface area contributed by atoms with Gasteiger partial charge in [-0.2, -0.15) is 4.39 Å². The molecular formula is C12H14FN3O3. The molecule has 19 heavy (non-hydrogen) atoms. The Morgan fingerprint density at radius 3 is 2.89 bits per heavy atom. The van der Waals surface area contributed by atoms with Gasteiger partial charge in [0.2, 0.25) is 11.7 Å². The third-order valence-corrected chi connectivity index (χ3v) is 3.23. The standard InChI is InChI=1S/C12H14FN3O3/c1-7-4-5-14-11(7)12(17)15-8-2-3-9(13)10(6-8)16(18)19/h2-3,6-7,11,14H,4-5H2,1H3,(H,15,17). The van der Waals surface area contributed by atoms with E-state index in [1.54, 1.807) is 0 Å². The highest BCUT2D eigenvalue weighted by atomic mass is 19.1. The number of benzene rings is 1. The van der Waals surface area contributed by atoms with E-state index in [1.165, 1.54) is 6.07 Å². The molecule has 6 nitrogen and oxygen atoms in total. The maximum atomic E-state index is 13.2. The van der Waals surface area contributed by atoms with Crippen LogP contribution in [-0.2, 0) is 4.79 Å². The fourth-order valence-electron chi connectivity index (χ4n) is 2.14. The number of anilines is 1. The van der Waals surface area contributed by atoms with Gasteiger partial charge in [0, 0.05) is 11.8 Å². The number of amides is 1. The third-order valence-electron chi connectivity index (χ3n) is 3.23. The van der Waals surface area contributed by atoms with Crippen LogP contribution in [0.25, 0.3) is 0 Å². The molecule has 1 aliphatic heterocycles. The van der Waals surface area contributed by atoms with Gasteiger partial charge < -0.3 is 10.6 Å². The number of nitro groups is 1. The van der Waals surface area contributed by atoms with Gasteiger partial charge in [0.25, 0.3) is 0 Å². The summed E-state index contributed by atoms with van der Waals surface area (Å²) < 4.78 is 13.2. The molecule has 2 N–H and O–H groups in total. The van der Waals surface area contributed by atoms with Crippen molar-refractivity contribution in [2.75, 3.05) is 11.9 Å². The van der Waals surface area contributed by atoms with Crippen molar-refractivity contribution in [2.45, 2.75) is 19.4 Å². The first-order valence-electron chi connectivity index (χ1n) is 5.97. The maximum absolute atomic E-state index is 13.2. The fraction of sp³-hybridized carbons (Fsp3) is 0.417. The van der Waals surface area contributed by atoms with E-state index in [0.717, 1.165) is 25.1 Å². The monoisotopic (exact) mass is 267 g/mol. The summed E-state index contributed by atoms with van der Waals surface area (Å²) in [5, 5.41) is 16.2. The molecular weight excluding hydrogens is 253 g/mol. The van der Waals surface area contributed by atoms with Gasteiger partial charge in [0.05, 0.1) is 11.0 Å². The van der Waals surface area contributed by atoms with Crippen molar-refractivity contribution in [1.82, 2.24) is 5.32 Å². The molecule has 1 aromatic carbocycles. The summed E-state index contributed by atoms with van der Waals surface area (Å²) in [5.41, 5.74) is -0.427.